The number of allylic oxidation sites excluding steroid dienone is 2. The summed E-state index contributed by atoms with van der Waals surface area (Å²) in [6.07, 6.45) is 4.96. The fourth-order valence-corrected chi connectivity index (χ4v) is 4.38. The molecule has 2 bridgehead atoms. The van der Waals surface area contributed by atoms with Gasteiger partial charge in [0.1, 0.15) is 5.75 Å². The van der Waals surface area contributed by atoms with Gasteiger partial charge in [0.25, 0.3) is 0 Å². The van der Waals surface area contributed by atoms with Crippen molar-refractivity contribution in [2.75, 3.05) is 4.90 Å². The van der Waals surface area contributed by atoms with Gasteiger partial charge in [0.2, 0.25) is 11.8 Å². The maximum Gasteiger partial charge on any atom is 0.241 e. The van der Waals surface area contributed by atoms with Crippen LogP contribution in [0.5, 0.6) is 5.75 Å². The number of rotatable bonds is 1. The first kappa shape index (κ1) is 12.9. The average molecular weight is 304 g/mol. The first-order valence-corrected chi connectivity index (χ1v) is 7.37. The smallest absolute Gasteiger partial charge is 0.241 e. The number of phenols is 1. The second kappa shape index (κ2) is 3.89. The number of aromatic hydroxyl groups is 1. The van der Waals surface area contributed by atoms with Gasteiger partial charge in [0.15, 0.2) is 0 Å². The second-order valence-electron chi connectivity index (χ2n) is 6.26. The summed E-state index contributed by atoms with van der Waals surface area (Å²) in [5, 5.41) is 10.4. The molecule has 1 N–H and O–H groups in total. The van der Waals surface area contributed by atoms with Crippen LogP contribution < -0.4 is 4.90 Å². The predicted molar refractivity (Wildman–Crippen MR) is 77.9 cm³/mol. The van der Waals surface area contributed by atoms with Gasteiger partial charge in [-0.1, -0.05) is 23.8 Å². The average Bonchev–Trinajstić information content (AvgIpc) is 3.06. The van der Waals surface area contributed by atoms with E-state index in [1.165, 1.54) is 18.2 Å². The molecular formula is C16H14ClNO3. The number of amides is 2. The predicted octanol–water partition coefficient (Wildman–Crippen LogP) is 2.75. The molecule has 1 heterocycles. The van der Waals surface area contributed by atoms with Crippen molar-refractivity contribution in [3.8, 4) is 5.75 Å². The molecule has 2 aliphatic carbocycles. The Morgan fingerprint density at radius 1 is 1.33 bits per heavy atom. The van der Waals surface area contributed by atoms with Crippen molar-refractivity contribution in [3.05, 3.63) is 35.4 Å². The Balaban J connectivity index is 1.85. The van der Waals surface area contributed by atoms with E-state index in [4.69, 9.17) is 11.6 Å². The van der Waals surface area contributed by atoms with Gasteiger partial charge in [-0.15, -0.1) is 0 Å². The molecule has 1 aliphatic heterocycles. The molecule has 2 fully saturated rings. The lowest BCUT2D eigenvalue weighted by atomic mass is 9.71. The molecule has 0 radical (unpaired) electrons. The normalized spacial score (nSPS) is 36.7. The molecule has 4 unspecified atom stereocenters. The summed E-state index contributed by atoms with van der Waals surface area (Å²) in [5.41, 5.74) is -0.502. The fourth-order valence-electron chi connectivity index (χ4n) is 4.21. The van der Waals surface area contributed by atoms with Gasteiger partial charge < -0.3 is 5.11 Å². The number of anilines is 1. The molecule has 0 aromatic heterocycles. The van der Waals surface area contributed by atoms with Crippen LogP contribution in [0.4, 0.5) is 5.69 Å². The number of halogens is 1. The zero-order valence-corrected chi connectivity index (χ0v) is 12.2. The molecule has 4 nitrogen and oxygen atoms in total. The van der Waals surface area contributed by atoms with Crippen LogP contribution in [-0.4, -0.2) is 16.9 Å². The molecule has 1 aromatic carbocycles. The minimum Gasteiger partial charge on any atom is -0.506 e. The number of benzene rings is 1. The third kappa shape index (κ3) is 1.41. The third-order valence-electron chi connectivity index (χ3n) is 5.29. The Morgan fingerprint density at radius 2 is 2.10 bits per heavy atom. The summed E-state index contributed by atoms with van der Waals surface area (Å²) in [6.45, 7) is 1.87. The third-order valence-corrected chi connectivity index (χ3v) is 5.52. The molecule has 0 spiro atoms. The lowest BCUT2D eigenvalue weighted by molar-refractivity contribution is -0.127. The monoisotopic (exact) mass is 303 g/mol. The Bertz CT molecular complexity index is 713. The molecule has 21 heavy (non-hydrogen) atoms. The Labute approximate surface area is 127 Å². The largest absolute Gasteiger partial charge is 0.506 e. The van der Waals surface area contributed by atoms with E-state index in [1.54, 1.807) is 0 Å². The number of imide groups is 1. The molecule has 3 aliphatic rings. The SMILES string of the molecule is CC12C(=O)N(c3cc(Cl)ccc3O)C(=O)C1C1C=CC2C1. The Hall–Kier alpha value is -1.81. The van der Waals surface area contributed by atoms with Crippen molar-refractivity contribution in [1.29, 1.82) is 0 Å². The maximum absolute atomic E-state index is 12.9. The number of carbonyl (C=O) groups is 2. The number of hydrogen-bond donors (Lipinski definition) is 1. The summed E-state index contributed by atoms with van der Waals surface area (Å²) < 4.78 is 0. The van der Waals surface area contributed by atoms with Crippen LogP contribution in [0.15, 0.2) is 30.4 Å². The van der Waals surface area contributed by atoms with Crippen LogP contribution in [0.1, 0.15) is 13.3 Å². The van der Waals surface area contributed by atoms with E-state index in [-0.39, 0.29) is 41.0 Å². The van der Waals surface area contributed by atoms with Gasteiger partial charge >= 0.3 is 0 Å². The number of carbonyl (C=O) groups excluding carboxylic acids is 2. The highest BCUT2D eigenvalue weighted by Gasteiger charge is 2.67. The van der Waals surface area contributed by atoms with Gasteiger partial charge in [-0.05, 0) is 43.4 Å². The van der Waals surface area contributed by atoms with Crippen LogP contribution in [-0.2, 0) is 9.59 Å². The second-order valence-corrected chi connectivity index (χ2v) is 6.70. The molecule has 2 amide bonds. The summed E-state index contributed by atoms with van der Waals surface area (Å²) in [4.78, 5) is 26.8. The number of nitrogens with zero attached hydrogens (tertiary/aromatic N) is 1. The summed E-state index contributed by atoms with van der Waals surface area (Å²) in [6, 6.07) is 4.40. The van der Waals surface area contributed by atoms with E-state index in [0.29, 0.717) is 5.02 Å². The van der Waals surface area contributed by atoms with Gasteiger partial charge in [-0.3, -0.25) is 9.59 Å². The molecule has 4 rings (SSSR count). The van der Waals surface area contributed by atoms with Gasteiger partial charge in [-0.2, -0.15) is 0 Å². The van der Waals surface area contributed by atoms with E-state index < -0.39 is 5.41 Å². The topological polar surface area (TPSA) is 57.6 Å². The van der Waals surface area contributed by atoms with Gasteiger partial charge in [0, 0.05) is 5.02 Å². The highest BCUT2D eigenvalue weighted by Crippen LogP contribution is 2.61. The highest BCUT2D eigenvalue weighted by atomic mass is 35.5. The molecule has 5 heteroatoms. The van der Waals surface area contributed by atoms with Crippen molar-refractivity contribution >= 4 is 29.1 Å². The molecule has 1 saturated carbocycles. The highest BCUT2D eigenvalue weighted by molar-refractivity contribution is 6.32. The van der Waals surface area contributed by atoms with Crippen molar-refractivity contribution < 1.29 is 14.7 Å². The van der Waals surface area contributed by atoms with E-state index >= 15 is 0 Å². The van der Waals surface area contributed by atoms with Gasteiger partial charge in [0.05, 0.1) is 17.0 Å². The maximum atomic E-state index is 12.9. The first-order chi connectivity index (χ1) is 9.94. The zero-order valence-electron chi connectivity index (χ0n) is 11.4. The van der Waals surface area contributed by atoms with Crippen molar-refractivity contribution in [1.82, 2.24) is 0 Å². The van der Waals surface area contributed by atoms with E-state index in [9.17, 15) is 14.7 Å². The van der Waals surface area contributed by atoms with E-state index in [2.05, 4.69) is 0 Å². The lowest BCUT2D eigenvalue weighted by Gasteiger charge is -2.28. The quantitative estimate of drug-likeness (QED) is 0.641. The molecule has 4 atom stereocenters. The standard InChI is InChI=1S/C16H14ClNO3/c1-16-9-3-2-8(6-9)13(16)14(20)18(15(16)21)11-7-10(17)4-5-12(11)19/h2-5,7-9,13,19H,6H2,1H3. The molecule has 1 saturated heterocycles. The van der Waals surface area contributed by atoms with Crippen LogP contribution in [0, 0.1) is 23.2 Å². The summed E-state index contributed by atoms with van der Waals surface area (Å²) in [5.74, 6) is -0.648. The molecule has 1 aromatic rings. The van der Waals surface area contributed by atoms with Crippen LogP contribution in [0.3, 0.4) is 0 Å². The van der Waals surface area contributed by atoms with Crippen LogP contribution >= 0.6 is 11.6 Å². The van der Waals surface area contributed by atoms with Crippen molar-refractivity contribution in [3.63, 3.8) is 0 Å². The van der Waals surface area contributed by atoms with Crippen LogP contribution in [0.2, 0.25) is 5.02 Å². The summed E-state index contributed by atoms with van der Waals surface area (Å²) >= 11 is 5.94. The number of fused-ring (bicyclic) bond motifs is 5. The molecular weight excluding hydrogens is 290 g/mol. The van der Waals surface area contributed by atoms with Crippen molar-refractivity contribution in [2.45, 2.75) is 13.3 Å². The van der Waals surface area contributed by atoms with Crippen molar-refractivity contribution in [2.24, 2.45) is 23.2 Å². The number of phenolic OH excluding ortho intramolecular Hbond substituents is 1. The Morgan fingerprint density at radius 3 is 2.81 bits per heavy atom. The number of hydrogen-bond acceptors (Lipinski definition) is 3. The Kier molecular flexibility index (Phi) is 2.39. The lowest BCUT2D eigenvalue weighted by Crippen LogP contribution is -2.37. The summed E-state index contributed by atoms with van der Waals surface area (Å²) in [7, 11) is 0. The van der Waals surface area contributed by atoms with Crippen LogP contribution in [0.25, 0.3) is 0 Å². The van der Waals surface area contributed by atoms with E-state index in [0.717, 1.165) is 11.3 Å². The fraction of sp³-hybridized carbons (Fsp3) is 0.375. The van der Waals surface area contributed by atoms with E-state index in [1.807, 2.05) is 19.1 Å². The first-order valence-electron chi connectivity index (χ1n) is 7.00. The minimum atomic E-state index is -0.689. The van der Waals surface area contributed by atoms with Gasteiger partial charge in [-0.25, -0.2) is 4.90 Å². The molecule has 108 valence electrons. The zero-order chi connectivity index (χ0) is 14.9. The minimum absolute atomic E-state index is 0.107.